The van der Waals surface area contributed by atoms with Gasteiger partial charge < -0.3 is 5.32 Å². The lowest BCUT2D eigenvalue weighted by Crippen LogP contribution is -2.36. The summed E-state index contributed by atoms with van der Waals surface area (Å²) >= 11 is 2.97. The van der Waals surface area contributed by atoms with Crippen LogP contribution in [0, 0.1) is 0 Å². The molecule has 0 bridgehead atoms. The summed E-state index contributed by atoms with van der Waals surface area (Å²) < 4.78 is 39.7. The number of aryl methyl sites for hydroxylation is 1. The monoisotopic (exact) mass is 300 g/mol. The first-order chi connectivity index (χ1) is 7.38. The topological polar surface area (TPSA) is 42.7 Å². The summed E-state index contributed by atoms with van der Waals surface area (Å²) in [4.78, 5) is 0. The minimum absolute atomic E-state index is 0.0130. The van der Waals surface area contributed by atoms with Gasteiger partial charge in [-0.15, -0.1) is 5.10 Å². The Hall–Kier alpha value is -0.630. The molecule has 4 nitrogen and oxygen atoms in total. The molecule has 0 radical (unpaired) electrons. The van der Waals surface area contributed by atoms with Gasteiger partial charge in [0.25, 0.3) is 0 Å². The van der Waals surface area contributed by atoms with E-state index in [1.165, 1.54) is 7.05 Å². The first-order valence-corrected chi connectivity index (χ1v) is 5.52. The fourth-order valence-electron chi connectivity index (χ4n) is 1.30. The Balaban J connectivity index is 3.01. The number of nitrogens with one attached hydrogen (secondary N) is 1. The highest BCUT2D eigenvalue weighted by Crippen LogP contribution is 2.34. The van der Waals surface area contributed by atoms with Gasteiger partial charge in [0.05, 0.1) is 5.69 Å². The van der Waals surface area contributed by atoms with E-state index in [0.717, 1.165) is 4.68 Å². The molecule has 1 heterocycles. The number of halogens is 4. The number of nitrogens with zero attached hydrogens (tertiary/aromatic N) is 3. The second-order valence-corrected chi connectivity index (χ2v) is 4.07. The van der Waals surface area contributed by atoms with E-state index in [9.17, 15) is 13.2 Å². The van der Waals surface area contributed by atoms with Gasteiger partial charge in [-0.1, -0.05) is 12.1 Å². The second-order valence-electron chi connectivity index (χ2n) is 3.32. The quantitative estimate of drug-likeness (QED) is 0.927. The maximum Gasteiger partial charge on any atom is 0.409 e. The molecule has 0 saturated heterocycles. The minimum Gasteiger partial charge on any atom is -0.301 e. The third kappa shape index (κ3) is 2.94. The van der Waals surface area contributed by atoms with Gasteiger partial charge in [-0.05, 0) is 28.9 Å². The van der Waals surface area contributed by atoms with Crippen molar-refractivity contribution < 1.29 is 13.2 Å². The van der Waals surface area contributed by atoms with Gasteiger partial charge in [-0.25, -0.2) is 4.68 Å². The Morgan fingerprint density at radius 2 is 2.12 bits per heavy atom. The van der Waals surface area contributed by atoms with Crippen LogP contribution >= 0.6 is 15.9 Å². The van der Waals surface area contributed by atoms with Crippen molar-refractivity contribution in [1.29, 1.82) is 0 Å². The fourth-order valence-corrected chi connectivity index (χ4v) is 1.86. The maximum absolute atomic E-state index is 12.8. The Kier molecular flexibility index (Phi) is 4.31. The molecule has 0 aromatic carbocycles. The van der Waals surface area contributed by atoms with E-state index in [1.807, 2.05) is 0 Å². The molecule has 1 N–H and O–H groups in total. The van der Waals surface area contributed by atoms with Crippen molar-refractivity contribution in [3.05, 3.63) is 10.3 Å². The van der Waals surface area contributed by atoms with Crippen LogP contribution in [0.5, 0.6) is 0 Å². The third-order valence-electron chi connectivity index (χ3n) is 2.03. The lowest BCUT2D eigenvalue weighted by atomic mass is 10.2. The molecular formula is C8H12BrF3N4. The molecule has 1 aromatic rings. The summed E-state index contributed by atoms with van der Waals surface area (Å²) in [5.41, 5.74) is -0.0130. The van der Waals surface area contributed by atoms with Crippen molar-refractivity contribution in [3.8, 4) is 0 Å². The van der Waals surface area contributed by atoms with Crippen molar-refractivity contribution in [1.82, 2.24) is 20.3 Å². The molecule has 1 rings (SSSR count). The van der Waals surface area contributed by atoms with Crippen LogP contribution in [0.15, 0.2) is 4.60 Å². The molecule has 0 fully saturated rings. The van der Waals surface area contributed by atoms with E-state index in [1.54, 1.807) is 6.92 Å². The highest BCUT2D eigenvalue weighted by Gasteiger charge is 2.43. The first-order valence-electron chi connectivity index (χ1n) is 4.73. The molecule has 1 aromatic heterocycles. The van der Waals surface area contributed by atoms with Crippen LogP contribution in [0.3, 0.4) is 0 Å². The zero-order chi connectivity index (χ0) is 12.3. The van der Waals surface area contributed by atoms with Crippen LogP contribution in [0.25, 0.3) is 0 Å². The lowest BCUT2D eigenvalue weighted by molar-refractivity contribution is -0.159. The maximum atomic E-state index is 12.8. The molecule has 0 aliphatic heterocycles. The highest BCUT2D eigenvalue weighted by atomic mass is 79.9. The van der Waals surface area contributed by atoms with Crippen LogP contribution in [-0.2, 0) is 7.05 Å². The summed E-state index contributed by atoms with van der Waals surface area (Å²) in [5, 5.41) is 9.52. The standard InChI is InChI=1S/C8H12BrF3N4/c1-3-4-13-6(8(10,11)12)5-7(9)14-15-16(5)2/h6,13H,3-4H2,1-2H3. The van der Waals surface area contributed by atoms with Crippen LogP contribution in [0.4, 0.5) is 13.2 Å². The van der Waals surface area contributed by atoms with E-state index >= 15 is 0 Å². The van der Waals surface area contributed by atoms with Gasteiger partial charge >= 0.3 is 6.18 Å². The van der Waals surface area contributed by atoms with Gasteiger partial charge in [0.2, 0.25) is 0 Å². The minimum atomic E-state index is -4.37. The summed E-state index contributed by atoms with van der Waals surface area (Å²) in [5.74, 6) is 0. The predicted molar refractivity (Wildman–Crippen MR) is 55.8 cm³/mol. The van der Waals surface area contributed by atoms with Crippen LogP contribution < -0.4 is 5.32 Å². The van der Waals surface area contributed by atoms with E-state index in [4.69, 9.17) is 0 Å². The molecule has 8 heteroatoms. The number of hydrogen-bond donors (Lipinski definition) is 1. The van der Waals surface area contributed by atoms with E-state index in [0.29, 0.717) is 6.42 Å². The van der Waals surface area contributed by atoms with Crippen molar-refractivity contribution in [2.75, 3.05) is 6.54 Å². The summed E-state index contributed by atoms with van der Waals surface area (Å²) in [6, 6.07) is -1.75. The van der Waals surface area contributed by atoms with Crippen molar-refractivity contribution >= 4 is 15.9 Å². The molecular weight excluding hydrogens is 289 g/mol. The molecule has 0 aliphatic carbocycles. The Morgan fingerprint density at radius 1 is 1.50 bits per heavy atom. The first kappa shape index (κ1) is 13.4. The number of aromatic nitrogens is 3. The molecule has 92 valence electrons. The average molecular weight is 301 g/mol. The van der Waals surface area contributed by atoms with Crippen molar-refractivity contribution in [2.45, 2.75) is 25.6 Å². The zero-order valence-corrected chi connectivity index (χ0v) is 10.4. The van der Waals surface area contributed by atoms with E-state index < -0.39 is 12.2 Å². The third-order valence-corrected chi connectivity index (χ3v) is 2.59. The Morgan fingerprint density at radius 3 is 2.50 bits per heavy atom. The van der Waals surface area contributed by atoms with Gasteiger partial charge in [0.1, 0.15) is 6.04 Å². The summed E-state index contributed by atoms with van der Waals surface area (Å²) in [6.07, 6.45) is -3.75. The largest absolute Gasteiger partial charge is 0.409 e. The van der Waals surface area contributed by atoms with Crippen LogP contribution in [0.2, 0.25) is 0 Å². The molecule has 0 aliphatic rings. The normalized spacial score (nSPS) is 14.1. The van der Waals surface area contributed by atoms with Crippen LogP contribution in [-0.4, -0.2) is 27.7 Å². The summed E-state index contributed by atoms with van der Waals surface area (Å²) in [7, 11) is 1.43. The molecule has 16 heavy (non-hydrogen) atoms. The Bertz CT molecular complexity index is 330. The number of rotatable bonds is 4. The van der Waals surface area contributed by atoms with Gasteiger partial charge in [-0.3, -0.25) is 0 Å². The number of hydrogen-bond acceptors (Lipinski definition) is 3. The smallest absolute Gasteiger partial charge is 0.301 e. The lowest BCUT2D eigenvalue weighted by Gasteiger charge is -2.21. The molecule has 0 saturated carbocycles. The Labute approximate surface area is 99.3 Å². The van der Waals surface area contributed by atoms with E-state index in [-0.39, 0.29) is 16.8 Å². The fraction of sp³-hybridized carbons (Fsp3) is 0.750. The number of alkyl halides is 3. The molecule has 0 spiro atoms. The van der Waals surface area contributed by atoms with Gasteiger partial charge in [0.15, 0.2) is 4.60 Å². The second kappa shape index (κ2) is 5.13. The molecule has 1 unspecified atom stereocenters. The average Bonchev–Trinajstić information content (AvgIpc) is 2.47. The predicted octanol–water partition coefficient (Wildman–Crippen LogP) is 2.18. The highest BCUT2D eigenvalue weighted by molar-refractivity contribution is 9.10. The SMILES string of the molecule is CCCNC(c1c(Br)nnn1C)C(F)(F)F. The van der Waals surface area contributed by atoms with Crippen molar-refractivity contribution in [3.63, 3.8) is 0 Å². The molecule has 0 amide bonds. The van der Waals surface area contributed by atoms with Crippen LogP contribution in [0.1, 0.15) is 25.1 Å². The van der Waals surface area contributed by atoms with E-state index in [2.05, 4.69) is 31.6 Å². The van der Waals surface area contributed by atoms with Crippen molar-refractivity contribution in [2.24, 2.45) is 7.05 Å². The van der Waals surface area contributed by atoms with Gasteiger partial charge in [-0.2, -0.15) is 13.2 Å². The molecule has 1 atom stereocenters. The van der Waals surface area contributed by atoms with Gasteiger partial charge in [0, 0.05) is 7.05 Å². The summed E-state index contributed by atoms with van der Waals surface area (Å²) in [6.45, 7) is 2.08. The zero-order valence-electron chi connectivity index (χ0n) is 8.85.